The minimum atomic E-state index is -0.484. The van der Waals surface area contributed by atoms with E-state index in [1.54, 1.807) is 61.2 Å². The van der Waals surface area contributed by atoms with Crippen molar-refractivity contribution in [2.24, 2.45) is 7.05 Å². The Labute approximate surface area is 194 Å². The normalized spacial score (nSPS) is 10.4. The maximum Gasteiger partial charge on any atom is 0.337 e. The van der Waals surface area contributed by atoms with Gasteiger partial charge in [0.25, 0.3) is 0 Å². The van der Waals surface area contributed by atoms with Gasteiger partial charge in [-0.1, -0.05) is 23.9 Å². The monoisotopic (exact) mass is 469 g/mol. The summed E-state index contributed by atoms with van der Waals surface area (Å²) in [6.45, 7) is 0. The number of anilines is 2. The topological polar surface area (TPSA) is 124 Å². The minimum absolute atomic E-state index is 0.0216. The summed E-state index contributed by atoms with van der Waals surface area (Å²) in [4.78, 5) is 36.3. The van der Waals surface area contributed by atoms with Gasteiger partial charge in [0.2, 0.25) is 11.8 Å². The second-order valence-corrected chi connectivity index (χ2v) is 7.77. The van der Waals surface area contributed by atoms with Crippen molar-refractivity contribution in [3.8, 4) is 5.75 Å². The molecule has 11 heteroatoms. The van der Waals surface area contributed by atoms with E-state index in [4.69, 9.17) is 4.74 Å². The molecule has 1 heterocycles. The second kappa shape index (κ2) is 11.1. The lowest BCUT2D eigenvalue weighted by Gasteiger charge is -2.08. The van der Waals surface area contributed by atoms with Crippen LogP contribution in [-0.4, -0.2) is 52.5 Å². The van der Waals surface area contributed by atoms with E-state index in [-0.39, 0.29) is 24.0 Å². The molecule has 0 spiro atoms. The number of hydrogen-bond donors (Lipinski definition) is 2. The standard InChI is InChI=1S/C22H23N5O5S/c1-27-18(12-19(28)23-16-8-5-9-17(11-16)31-2)25-26-22(27)33-13-20(29)24-15-7-4-6-14(10-15)21(30)32-3/h4-11H,12-13H2,1-3H3,(H,23,28)(H,24,29). The third-order valence-corrected chi connectivity index (χ3v) is 5.52. The van der Waals surface area contributed by atoms with Crippen molar-refractivity contribution in [1.29, 1.82) is 0 Å². The van der Waals surface area contributed by atoms with Crippen molar-refractivity contribution in [2.45, 2.75) is 11.6 Å². The average molecular weight is 470 g/mol. The molecule has 2 aromatic carbocycles. The molecule has 0 fully saturated rings. The molecule has 0 saturated carbocycles. The molecule has 2 N–H and O–H groups in total. The second-order valence-electron chi connectivity index (χ2n) is 6.82. The first-order chi connectivity index (χ1) is 15.9. The summed E-state index contributed by atoms with van der Waals surface area (Å²) in [5, 5.41) is 14.1. The zero-order chi connectivity index (χ0) is 23.8. The van der Waals surface area contributed by atoms with Gasteiger partial charge in [-0.2, -0.15) is 0 Å². The van der Waals surface area contributed by atoms with Gasteiger partial charge in [-0.25, -0.2) is 4.79 Å². The fourth-order valence-corrected chi connectivity index (χ4v) is 3.57. The molecule has 3 aromatic rings. The van der Waals surface area contributed by atoms with E-state index in [0.717, 1.165) is 0 Å². The van der Waals surface area contributed by atoms with Gasteiger partial charge >= 0.3 is 5.97 Å². The minimum Gasteiger partial charge on any atom is -0.497 e. The lowest BCUT2D eigenvalue weighted by Crippen LogP contribution is -2.17. The third kappa shape index (κ3) is 6.56. The van der Waals surface area contributed by atoms with Crippen LogP contribution >= 0.6 is 11.8 Å². The number of thioether (sulfide) groups is 1. The van der Waals surface area contributed by atoms with Crippen LogP contribution in [0.4, 0.5) is 11.4 Å². The summed E-state index contributed by atoms with van der Waals surface area (Å²) in [5.74, 6) is 0.165. The Balaban J connectivity index is 1.53. The highest BCUT2D eigenvalue weighted by atomic mass is 32.2. The summed E-state index contributed by atoms with van der Waals surface area (Å²) in [6.07, 6.45) is 0.0216. The van der Waals surface area contributed by atoms with Gasteiger partial charge in [0, 0.05) is 24.5 Å². The van der Waals surface area contributed by atoms with Gasteiger partial charge in [-0.05, 0) is 30.3 Å². The molecule has 0 radical (unpaired) electrons. The van der Waals surface area contributed by atoms with Crippen molar-refractivity contribution in [2.75, 3.05) is 30.6 Å². The molecule has 0 unspecified atom stereocenters. The van der Waals surface area contributed by atoms with E-state index in [1.165, 1.54) is 24.9 Å². The molecule has 0 bridgehead atoms. The zero-order valence-corrected chi connectivity index (χ0v) is 19.1. The molecule has 2 amide bonds. The van der Waals surface area contributed by atoms with Crippen molar-refractivity contribution < 1.29 is 23.9 Å². The van der Waals surface area contributed by atoms with Gasteiger partial charge in [-0.3, -0.25) is 9.59 Å². The lowest BCUT2D eigenvalue weighted by molar-refractivity contribution is -0.116. The third-order valence-electron chi connectivity index (χ3n) is 4.50. The molecule has 0 aliphatic rings. The number of carbonyl (C=O) groups excluding carboxylic acids is 3. The number of nitrogens with zero attached hydrogens (tertiary/aromatic N) is 3. The van der Waals surface area contributed by atoms with Crippen LogP contribution in [0.1, 0.15) is 16.2 Å². The molecule has 172 valence electrons. The number of aromatic nitrogens is 3. The number of ether oxygens (including phenoxy) is 2. The summed E-state index contributed by atoms with van der Waals surface area (Å²) in [5.41, 5.74) is 1.44. The van der Waals surface area contributed by atoms with Crippen LogP contribution in [0.25, 0.3) is 0 Å². The summed E-state index contributed by atoms with van der Waals surface area (Å²) in [6, 6.07) is 13.5. The smallest absolute Gasteiger partial charge is 0.337 e. The fraction of sp³-hybridized carbons (Fsp3) is 0.227. The van der Waals surface area contributed by atoms with Gasteiger partial charge in [0.15, 0.2) is 5.16 Å². The van der Waals surface area contributed by atoms with Gasteiger partial charge < -0.3 is 24.7 Å². The summed E-state index contributed by atoms with van der Waals surface area (Å²) in [7, 11) is 4.58. The number of esters is 1. The number of benzene rings is 2. The van der Waals surface area contributed by atoms with Crippen LogP contribution in [0.3, 0.4) is 0 Å². The van der Waals surface area contributed by atoms with Crippen LogP contribution in [-0.2, 0) is 27.8 Å². The van der Waals surface area contributed by atoms with Crippen molar-refractivity contribution in [3.63, 3.8) is 0 Å². The Morgan fingerprint density at radius 2 is 1.67 bits per heavy atom. The van der Waals surface area contributed by atoms with Crippen molar-refractivity contribution in [3.05, 3.63) is 59.9 Å². The molecule has 0 aliphatic heterocycles. The molecule has 10 nitrogen and oxygen atoms in total. The highest BCUT2D eigenvalue weighted by molar-refractivity contribution is 7.99. The SMILES string of the molecule is COC(=O)c1cccc(NC(=O)CSc2nnc(CC(=O)Nc3cccc(OC)c3)n2C)c1. The Morgan fingerprint density at radius 1 is 0.970 bits per heavy atom. The van der Waals surface area contributed by atoms with Gasteiger partial charge in [-0.15, -0.1) is 10.2 Å². The molecule has 1 aromatic heterocycles. The van der Waals surface area contributed by atoms with E-state index in [9.17, 15) is 14.4 Å². The van der Waals surface area contributed by atoms with E-state index in [0.29, 0.717) is 33.7 Å². The first-order valence-electron chi connectivity index (χ1n) is 9.82. The predicted molar refractivity (Wildman–Crippen MR) is 123 cm³/mol. The number of methoxy groups -OCH3 is 2. The number of hydrogen-bond acceptors (Lipinski definition) is 8. The Morgan fingerprint density at radius 3 is 2.39 bits per heavy atom. The molecule has 33 heavy (non-hydrogen) atoms. The van der Waals surface area contributed by atoms with Crippen LogP contribution in [0.15, 0.2) is 53.7 Å². The predicted octanol–water partition coefficient (Wildman–Crippen LogP) is 2.52. The van der Waals surface area contributed by atoms with Crippen molar-refractivity contribution in [1.82, 2.24) is 14.8 Å². The highest BCUT2D eigenvalue weighted by Gasteiger charge is 2.15. The van der Waals surface area contributed by atoms with Crippen LogP contribution < -0.4 is 15.4 Å². The van der Waals surface area contributed by atoms with Crippen molar-refractivity contribution >= 4 is 40.9 Å². The van der Waals surface area contributed by atoms with Crippen LogP contribution in [0.5, 0.6) is 5.75 Å². The Bertz CT molecular complexity index is 1160. The maximum atomic E-state index is 12.4. The summed E-state index contributed by atoms with van der Waals surface area (Å²) >= 11 is 1.18. The molecule has 3 rings (SSSR count). The molecular formula is C22H23N5O5S. The quantitative estimate of drug-likeness (QED) is 0.362. The van der Waals surface area contributed by atoms with Gasteiger partial charge in [0.05, 0.1) is 32.0 Å². The van der Waals surface area contributed by atoms with Crippen LogP contribution in [0.2, 0.25) is 0 Å². The van der Waals surface area contributed by atoms with E-state index < -0.39 is 5.97 Å². The number of carbonyl (C=O) groups is 3. The largest absolute Gasteiger partial charge is 0.497 e. The summed E-state index contributed by atoms with van der Waals surface area (Å²) < 4.78 is 11.5. The highest BCUT2D eigenvalue weighted by Crippen LogP contribution is 2.19. The van der Waals surface area contributed by atoms with Crippen LogP contribution in [0, 0.1) is 0 Å². The van der Waals surface area contributed by atoms with E-state index >= 15 is 0 Å². The zero-order valence-electron chi connectivity index (χ0n) is 18.3. The molecule has 0 aliphatic carbocycles. The first-order valence-corrected chi connectivity index (χ1v) is 10.8. The van der Waals surface area contributed by atoms with Gasteiger partial charge in [0.1, 0.15) is 11.6 Å². The fourth-order valence-electron chi connectivity index (χ4n) is 2.84. The Hall–Kier alpha value is -3.86. The number of rotatable bonds is 9. The Kier molecular flexibility index (Phi) is 8.03. The van der Waals surface area contributed by atoms with E-state index in [1.807, 2.05) is 0 Å². The number of nitrogens with one attached hydrogen (secondary N) is 2. The average Bonchev–Trinajstić information content (AvgIpc) is 3.16. The lowest BCUT2D eigenvalue weighted by atomic mass is 10.2. The first kappa shape index (κ1) is 23.8. The molecule has 0 atom stereocenters. The number of amides is 2. The molecular weight excluding hydrogens is 446 g/mol. The maximum absolute atomic E-state index is 12.4. The molecule has 0 saturated heterocycles. The van der Waals surface area contributed by atoms with E-state index in [2.05, 4.69) is 25.6 Å².